The standard InChI is InChI=1S/C12H19NOS/c1-9-11(6-7-14-9)12(13)5-4-10-3-2-8-15-10/h2-3,8-9,11-12H,4-7,13H2,1H3. The molecule has 2 heterocycles. The van der Waals surface area contributed by atoms with E-state index in [0.29, 0.717) is 18.1 Å². The molecule has 1 aromatic heterocycles. The van der Waals surface area contributed by atoms with Crippen LogP contribution in [-0.4, -0.2) is 18.8 Å². The Balaban J connectivity index is 1.79. The number of ether oxygens (including phenoxy) is 1. The highest BCUT2D eigenvalue weighted by Crippen LogP contribution is 2.25. The molecule has 3 unspecified atom stereocenters. The summed E-state index contributed by atoms with van der Waals surface area (Å²) in [7, 11) is 0. The molecule has 1 aromatic rings. The van der Waals surface area contributed by atoms with Gasteiger partial charge < -0.3 is 10.5 Å². The highest BCUT2D eigenvalue weighted by molar-refractivity contribution is 7.09. The van der Waals surface area contributed by atoms with E-state index >= 15 is 0 Å². The van der Waals surface area contributed by atoms with Crippen molar-refractivity contribution in [1.29, 1.82) is 0 Å². The minimum Gasteiger partial charge on any atom is -0.378 e. The van der Waals surface area contributed by atoms with Crippen LogP contribution >= 0.6 is 11.3 Å². The average molecular weight is 225 g/mol. The first kappa shape index (κ1) is 11.1. The van der Waals surface area contributed by atoms with Gasteiger partial charge in [0.15, 0.2) is 0 Å². The van der Waals surface area contributed by atoms with E-state index in [1.54, 1.807) is 0 Å². The number of aryl methyl sites for hydroxylation is 1. The van der Waals surface area contributed by atoms with Gasteiger partial charge in [-0.2, -0.15) is 0 Å². The maximum Gasteiger partial charge on any atom is 0.0590 e. The van der Waals surface area contributed by atoms with Crippen molar-refractivity contribution in [2.45, 2.75) is 38.3 Å². The Hall–Kier alpha value is -0.380. The Kier molecular flexibility index (Phi) is 3.78. The lowest BCUT2D eigenvalue weighted by molar-refractivity contribution is 0.0987. The Morgan fingerprint density at radius 2 is 2.53 bits per heavy atom. The van der Waals surface area contributed by atoms with Gasteiger partial charge in [0, 0.05) is 23.4 Å². The van der Waals surface area contributed by atoms with Crippen LogP contribution in [0.3, 0.4) is 0 Å². The van der Waals surface area contributed by atoms with E-state index < -0.39 is 0 Å². The normalized spacial score (nSPS) is 28.1. The molecule has 3 heteroatoms. The van der Waals surface area contributed by atoms with Crippen LogP contribution in [0.1, 0.15) is 24.6 Å². The second kappa shape index (κ2) is 5.10. The minimum absolute atomic E-state index is 0.296. The van der Waals surface area contributed by atoms with Gasteiger partial charge in [-0.05, 0) is 37.6 Å². The molecule has 0 bridgehead atoms. The zero-order chi connectivity index (χ0) is 10.7. The van der Waals surface area contributed by atoms with E-state index in [1.165, 1.54) is 4.88 Å². The van der Waals surface area contributed by atoms with Gasteiger partial charge in [-0.15, -0.1) is 11.3 Å². The molecule has 1 aliphatic rings. The number of nitrogens with two attached hydrogens (primary N) is 1. The molecular formula is C12H19NOS. The summed E-state index contributed by atoms with van der Waals surface area (Å²) in [5, 5.41) is 2.13. The topological polar surface area (TPSA) is 35.2 Å². The van der Waals surface area contributed by atoms with Crippen molar-refractivity contribution in [2.24, 2.45) is 11.7 Å². The lowest BCUT2D eigenvalue weighted by Crippen LogP contribution is -2.34. The molecule has 0 spiro atoms. The Bertz CT molecular complexity index is 286. The summed E-state index contributed by atoms with van der Waals surface area (Å²) in [6.45, 7) is 3.03. The molecule has 3 atom stereocenters. The molecule has 2 rings (SSSR count). The van der Waals surface area contributed by atoms with E-state index in [-0.39, 0.29) is 0 Å². The predicted octanol–water partition coefficient (Wildman–Crippen LogP) is 2.43. The summed E-state index contributed by atoms with van der Waals surface area (Å²) >= 11 is 1.82. The van der Waals surface area contributed by atoms with E-state index in [2.05, 4.69) is 24.4 Å². The minimum atomic E-state index is 0.296. The largest absolute Gasteiger partial charge is 0.378 e. The van der Waals surface area contributed by atoms with Crippen molar-refractivity contribution in [3.05, 3.63) is 22.4 Å². The fourth-order valence-corrected chi connectivity index (χ4v) is 3.01. The van der Waals surface area contributed by atoms with Gasteiger partial charge >= 0.3 is 0 Å². The van der Waals surface area contributed by atoms with E-state index in [4.69, 9.17) is 10.5 Å². The highest BCUT2D eigenvalue weighted by Gasteiger charge is 2.29. The summed E-state index contributed by atoms with van der Waals surface area (Å²) in [4.78, 5) is 1.44. The summed E-state index contributed by atoms with van der Waals surface area (Å²) in [5.41, 5.74) is 6.21. The predicted molar refractivity (Wildman–Crippen MR) is 64.1 cm³/mol. The number of rotatable bonds is 4. The fourth-order valence-electron chi connectivity index (χ4n) is 2.29. The van der Waals surface area contributed by atoms with Crippen LogP contribution in [0.5, 0.6) is 0 Å². The van der Waals surface area contributed by atoms with Crippen LogP contribution in [0.25, 0.3) is 0 Å². The molecule has 84 valence electrons. The van der Waals surface area contributed by atoms with E-state index in [1.807, 2.05) is 11.3 Å². The lowest BCUT2D eigenvalue weighted by atomic mass is 9.91. The molecule has 1 aliphatic heterocycles. The third-order valence-electron chi connectivity index (χ3n) is 3.29. The lowest BCUT2D eigenvalue weighted by Gasteiger charge is -2.21. The number of hydrogen-bond donors (Lipinski definition) is 1. The quantitative estimate of drug-likeness (QED) is 0.854. The van der Waals surface area contributed by atoms with Gasteiger partial charge in [-0.1, -0.05) is 6.07 Å². The average Bonchev–Trinajstić information content (AvgIpc) is 2.84. The number of hydrogen-bond acceptors (Lipinski definition) is 3. The summed E-state index contributed by atoms with van der Waals surface area (Å²) in [5.74, 6) is 0.560. The second-order valence-electron chi connectivity index (χ2n) is 4.31. The molecule has 1 fully saturated rings. The first-order chi connectivity index (χ1) is 7.27. The van der Waals surface area contributed by atoms with Crippen LogP contribution in [0.4, 0.5) is 0 Å². The molecule has 2 N–H and O–H groups in total. The third kappa shape index (κ3) is 2.80. The van der Waals surface area contributed by atoms with Gasteiger partial charge in [-0.25, -0.2) is 0 Å². The van der Waals surface area contributed by atoms with Crippen LogP contribution in [0.2, 0.25) is 0 Å². The van der Waals surface area contributed by atoms with Gasteiger partial charge in [-0.3, -0.25) is 0 Å². The van der Waals surface area contributed by atoms with Gasteiger partial charge in [0.1, 0.15) is 0 Å². The molecule has 0 radical (unpaired) electrons. The van der Waals surface area contributed by atoms with Crippen molar-refractivity contribution < 1.29 is 4.74 Å². The van der Waals surface area contributed by atoms with Gasteiger partial charge in [0.05, 0.1) is 6.10 Å². The summed E-state index contributed by atoms with van der Waals surface area (Å²) in [6, 6.07) is 4.59. The zero-order valence-corrected chi connectivity index (χ0v) is 10.0. The van der Waals surface area contributed by atoms with Crippen LogP contribution in [0, 0.1) is 5.92 Å². The molecule has 15 heavy (non-hydrogen) atoms. The Morgan fingerprint density at radius 3 is 3.13 bits per heavy atom. The first-order valence-electron chi connectivity index (χ1n) is 5.67. The third-order valence-corrected chi connectivity index (χ3v) is 4.23. The van der Waals surface area contributed by atoms with Gasteiger partial charge in [0.2, 0.25) is 0 Å². The first-order valence-corrected chi connectivity index (χ1v) is 6.55. The van der Waals surface area contributed by atoms with Crippen LogP contribution in [-0.2, 0) is 11.2 Å². The van der Waals surface area contributed by atoms with Crippen molar-refractivity contribution >= 4 is 11.3 Å². The highest BCUT2D eigenvalue weighted by atomic mass is 32.1. The zero-order valence-electron chi connectivity index (χ0n) is 9.19. The molecule has 0 aromatic carbocycles. The number of thiophene rings is 1. The maximum atomic E-state index is 6.21. The Labute approximate surface area is 95.4 Å². The molecular weight excluding hydrogens is 206 g/mol. The maximum absolute atomic E-state index is 6.21. The SMILES string of the molecule is CC1OCCC1C(N)CCc1cccs1. The van der Waals surface area contributed by atoms with Crippen molar-refractivity contribution in [1.82, 2.24) is 0 Å². The van der Waals surface area contributed by atoms with Crippen LogP contribution in [0.15, 0.2) is 17.5 Å². The van der Waals surface area contributed by atoms with Crippen molar-refractivity contribution in [3.63, 3.8) is 0 Å². The van der Waals surface area contributed by atoms with Crippen molar-refractivity contribution in [3.8, 4) is 0 Å². The molecule has 1 saturated heterocycles. The van der Waals surface area contributed by atoms with E-state index in [9.17, 15) is 0 Å². The second-order valence-corrected chi connectivity index (χ2v) is 5.34. The molecule has 2 nitrogen and oxygen atoms in total. The van der Waals surface area contributed by atoms with Crippen LogP contribution < -0.4 is 5.73 Å². The summed E-state index contributed by atoms with van der Waals surface area (Å²) in [6.07, 6.45) is 3.68. The molecule has 0 saturated carbocycles. The smallest absolute Gasteiger partial charge is 0.0590 e. The molecule has 0 amide bonds. The Morgan fingerprint density at radius 1 is 1.67 bits per heavy atom. The summed E-state index contributed by atoms with van der Waals surface area (Å²) < 4.78 is 5.55. The monoisotopic (exact) mass is 225 g/mol. The van der Waals surface area contributed by atoms with E-state index in [0.717, 1.165) is 25.9 Å². The van der Waals surface area contributed by atoms with Crippen molar-refractivity contribution in [2.75, 3.05) is 6.61 Å². The van der Waals surface area contributed by atoms with Gasteiger partial charge in [0.25, 0.3) is 0 Å². The fraction of sp³-hybridized carbons (Fsp3) is 0.667. The molecule has 0 aliphatic carbocycles.